The molecule has 4 rings (SSSR count). The number of ketones is 1. The van der Waals surface area contributed by atoms with Gasteiger partial charge in [0.2, 0.25) is 0 Å². The van der Waals surface area contributed by atoms with Crippen LogP contribution < -0.4 is 0 Å². The molecule has 0 unspecified atom stereocenters. The minimum absolute atomic E-state index is 0.0695. The quantitative estimate of drug-likeness (QED) is 0.267. The molecule has 8 heteroatoms. The fourth-order valence-electron chi connectivity index (χ4n) is 2.86. The zero-order chi connectivity index (χ0) is 21.1. The lowest BCUT2D eigenvalue weighted by atomic mass is 10.1. The molecular weight excluding hydrogens is 439 g/mol. The lowest BCUT2D eigenvalue weighted by Crippen LogP contribution is -2.05. The van der Waals surface area contributed by atoms with Gasteiger partial charge in [-0.1, -0.05) is 52.7 Å². The van der Waals surface area contributed by atoms with E-state index in [1.54, 1.807) is 30.6 Å². The number of aromatic nitrogens is 4. The lowest BCUT2D eigenvalue weighted by molar-refractivity contribution is 0.102. The van der Waals surface area contributed by atoms with Gasteiger partial charge in [0.15, 0.2) is 16.8 Å². The molecule has 30 heavy (non-hydrogen) atoms. The molecule has 0 aliphatic heterocycles. The molecule has 0 radical (unpaired) electrons. The van der Waals surface area contributed by atoms with Gasteiger partial charge in [0.25, 0.3) is 0 Å². The molecule has 0 saturated heterocycles. The van der Waals surface area contributed by atoms with Crippen LogP contribution in [0.5, 0.6) is 0 Å². The highest BCUT2D eigenvalue weighted by Crippen LogP contribution is 2.29. The summed E-state index contributed by atoms with van der Waals surface area (Å²) in [5.74, 6) is 0.783. The second kappa shape index (κ2) is 9.00. The SMILES string of the molecule is Cc1ccc(-n2c(SCC(=O)c3ccc(Cl)c(Cl)c3)nnc2-c2cccnc2)cc1. The van der Waals surface area contributed by atoms with E-state index in [4.69, 9.17) is 23.2 Å². The molecule has 0 aliphatic rings. The molecule has 0 N–H and O–H groups in total. The van der Waals surface area contributed by atoms with E-state index in [0.29, 0.717) is 26.6 Å². The number of Topliss-reactive ketones (excluding diaryl/α,β-unsaturated/α-hetero) is 1. The predicted molar refractivity (Wildman–Crippen MR) is 121 cm³/mol. The molecule has 0 saturated carbocycles. The first-order chi connectivity index (χ1) is 14.5. The number of hydrogen-bond donors (Lipinski definition) is 0. The minimum Gasteiger partial charge on any atom is -0.293 e. The van der Waals surface area contributed by atoms with E-state index in [9.17, 15) is 4.79 Å². The van der Waals surface area contributed by atoms with Gasteiger partial charge in [-0.15, -0.1) is 10.2 Å². The van der Waals surface area contributed by atoms with Crippen molar-refractivity contribution in [2.24, 2.45) is 0 Å². The van der Waals surface area contributed by atoms with Crippen LogP contribution in [0.3, 0.4) is 0 Å². The van der Waals surface area contributed by atoms with Crippen molar-refractivity contribution in [3.63, 3.8) is 0 Å². The average Bonchev–Trinajstić information content (AvgIpc) is 3.19. The van der Waals surface area contributed by atoms with Gasteiger partial charge >= 0.3 is 0 Å². The predicted octanol–water partition coefficient (Wildman–Crippen LogP) is 5.92. The Morgan fingerprint density at radius 1 is 1.03 bits per heavy atom. The molecule has 0 fully saturated rings. The molecule has 0 bridgehead atoms. The maximum absolute atomic E-state index is 12.7. The first-order valence-electron chi connectivity index (χ1n) is 9.07. The van der Waals surface area contributed by atoms with E-state index < -0.39 is 0 Å². The van der Waals surface area contributed by atoms with Crippen molar-refractivity contribution in [2.75, 3.05) is 5.75 Å². The van der Waals surface area contributed by atoms with Gasteiger partial charge in [-0.05, 0) is 49.4 Å². The summed E-state index contributed by atoms with van der Waals surface area (Å²) in [6, 6.07) is 16.7. The lowest BCUT2D eigenvalue weighted by Gasteiger charge is -2.10. The summed E-state index contributed by atoms with van der Waals surface area (Å²) in [6.07, 6.45) is 3.45. The molecule has 4 aromatic rings. The van der Waals surface area contributed by atoms with Gasteiger partial charge in [0.1, 0.15) is 0 Å². The first-order valence-corrected chi connectivity index (χ1v) is 10.8. The van der Waals surface area contributed by atoms with E-state index in [1.165, 1.54) is 11.8 Å². The van der Waals surface area contributed by atoms with Crippen molar-refractivity contribution in [3.05, 3.63) is 88.2 Å². The number of benzene rings is 2. The molecule has 0 spiro atoms. The summed E-state index contributed by atoms with van der Waals surface area (Å²) in [6.45, 7) is 2.03. The van der Waals surface area contributed by atoms with Gasteiger partial charge in [0.05, 0.1) is 15.8 Å². The molecule has 0 aliphatic carbocycles. The number of carbonyl (C=O) groups excluding carboxylic acids is 1. The van der Waals surface area contributed by atoms with Crippen LogP contribution in [0.1, 0.15) is 15.9 Å². The van der Waals surface area contributed by atoms with Gasteiger partial charge in [-0.25, -0.2) is 0 Å². The van der Waals surface area contributed by atoms with Crippen LogP contribution in [0.25, 0.3) is 17.1 Å². The van der Waals surface area contributed by atoms with Crippen LogP contribution in [0.15, 0.2) is 72.1 Å². The van der Waals surface area contributed by atoms with Gasteiger partial charge in [-0.3, -0.25) is 14.3 Å². The molecular formula is C22H16Cl2N4OS. The fourth-order valence-corrected chi connectivity index (χ4v) is 4.00. The molecule has 2 heterocycles. The third-order valence-corrected chi connectivity index (χ3v) is 6.09. The Morgan fingerprint density at radius 3 is 2.53 bits per heavy atom. The maximum atomic E-state index is 12.7. The minimum atomic E-state index is -0.0695. The average molecular weight is 455 g/mol. The molecule has 150 valence electrons. The largest absolute Gasteiger partial charge is 0.293 e. The summed E-state index contributed by atoms with van der Waals surface area (Å²) in [4.78, 5) is 16.8. The van der Waals surface area contributed by atoms with E-state index in [1.807, 2.05) is 47.9 Å². The van der Waals surface area contributed by atoms with Crippen molar-refractivity contribution < 1.29 is 4.79 Å². The Balaban J connectivity index is 1.66. The normalized spacial score (nSPS) is 10.9. The number of thioether (sulfide) groups is 1. The highest BCUT2D eigenvalue weighted by atomic mass is 35.5. The Kier molecular flexibility index (Phi) is 6.18. The monoisotopic (exact) mass is 454 g/mol. The fraction of sp³-hybridized carbons (Fsp3) is 0.0909. The van der Waals surface area contributed by atoms with Crippen LogP contribution >= 0.6 is 35.0 Å². The third kappa shape index (κ3) is 4.41. The van der Waals surface area contributed by atoms with E-state index in [-0.39, 0.29) is 11.5 Å². The Morgan fingerprint density at radius 2 is 1.83 bits per heavy atom. The number of halogens is 2. The third-order valence-electron chi connectivity index (χ3n) is 4.42. The highest BCUT2D eigenvalue weighted by molar-refractivity contribution is 7.99. The number of carbonyl (C=O) groups is 1. The number of aryl methyl sites for hydroxylation is 1. The summed E-state index contributed by atoms with van der Waals surface area (Å²) >= 11 is 13.3. The van der Waals surface area contributed by atoms with E-state index in [2.05, 4.69) is 15.2 Å². The van der Waals surface area contributed by atoms with Gasteiger partial charge < -0.3 is 0 Å². The van der Waals surface area contributed by atoms with Crippen LogP contribution in [0.2, 0.25) is 10.0 Å². The van der Waals surface area contributed by atoms with E-state index >= 15 is 0 Å². The first kappa shape index (κ1) is 20.6. The molecule has 0 atom stereocenters. The smallest absolute Gasteiger partial charge is 0.196 e. The maximum Gasteiger partial charge on any atom is 0.196 e. The Labute approximate surface area is 188 Å². The van der Waals surface area contributed by atoms with Gasteiger partial charge in [-0.2, -0.15) is 0 Å². The van der Waals surface area contributed by atoms with Crippen molar-refractivity contribution in [1.82, 2.24) is 19.7 Å². The number of nitrogens with zero attached hydrogens (tertiary/aromatic N) is 4. The molecule has 2 aromatic carbocycles. The van der Waals surface area contributed by atoms with Crippen LogP contribution in [-0.4, -0.2) is 31.3 Å². The second-order valence-corrected chi connectivity index (χ2v) is 8.32. The molecule has 5 nitrogen and oxygen atoms in total. The van der Waals surface area contributed by atoms with E-state index in [0.717, 1.165) is 16.8 Å². The number of hydrogen-bond acceptors (Lipinski definition) is 5. The topological polar surface area (TPSA) is 60.7 Å². The standard InChI is InChI=1S/C22H16Cl2N4OS/c1-14-4-7-17(8-5-14)28-21(16-3-2-10-25-12-16)26-27-22(28)30-13-20(29)15-6-9-18(23)19(24)11-15/h2-12H,13H2,1H3. The van der Waals surface area contributed by atoms with Crippen LogP contribution in [0, 0.1) is 6.92 Å². The summed E-state index contributed by atoms with van der Waals surface area (Å²) in [7, 11) is 0. The van der Waals surface area contributed by atoms with Gasteiger partial charge in [0, 0.05) is 29.2 Å². The van der Waals surface area contributed by atoms with Crippen molar-refractivity contribution >= 4 is 40.7 Å². The Bertz CT molecular complexity index is 1190. The number of rotatable bonds is 6. The van der Waals surface area contributed by atoms with Crippen LogP contribution in [0.4, 0.5) is 0 Å². The molecule has 2 aromatic heterocycles. The summed E-state index contributed by atoms with van der Waals surface area (Å²) < 4.78 is 1.93. The summed E-state index contributed by atoms with van der Waals surface area (Å²) in [5, 5.41) is 10.1. The highest BCUT2D eigenvalue weighted by Gasteiger charge is 2.18. The molecule has 0 amide bonds. The van der Waals surface area contributed by atoms with Crippen LogP contribution in [-0.2, 0) is 0 Å². The van der Waals surface area contributed by atoms with Crippen molar-refractivity contribution in [1.29, 1.82) is 0 Å². The number of pyridine rings is 1. The second-order valence-electron chi connectivity index (χ2n) is 6.56. The van der Waals surface area contributed by atoms with Crippen molar-refractivity contribution in [3.8, 4) is 17.1 Å². The zero-order valence-corrected chi connectivity index (χ0v) is 18.2. The van der Waals surface area contributed by atoms with Crippen molar-refractivity contribution in [2.45, 2.75) is 12.1 Å². The summed E-state index contributed by atoms with van der Waals surface area (Å²) in [5.41, 5.74) is 3.41. The zero-order valence-electron chi connectivity index (χ0n) is 15.9. The Hall–Kier alpha value is -2.67.